The van der Waals surface area contributed by atoms with Crippen LogP contribution >= 0.6 is 0 Å². The highest BCUT2D eigenvalue weighted by Gasteiger charge is 2.38. The molecule has 1 aliphatic rings. The summed E-state index contributed by atoms with van der Waals surface area (Å²) in [5, 5.41) is 3.21. The lowest BCUT2D eigenvalue weighted by Crippen LogP contribution is -2.33. The summed E-state index contributed by atoms with van der Waals surface area (Å²) >= 11 is 0. The SMILES string of the molecule is CCCN1C(=O)C(Nc2ccc(N(CC)CC)cc2)=C(c2ccc(OC)cc2)C1=O. The molecule has 1 N–H and O–H groups in total. The van der Waals surface area contributed by atoms with Gasteiger partial charge in [0.15, 0.2) is 0 Å². The second kappa shape index (κ2) is 9.48. The molecule has 6 heteroatoms. The highest BCUT2D eigenvalue weighted by atomic mass is 16.5. The Morgan fingerprint density at radius 3 is 2.07 bits per heavy atom. The number of imide groups is 1. The van der Waals surface area contributed by atoms with E-state index in [-0.39, 0.29) is 11.8 Å². The van der Waals surface area contributed by atoms with Crippen LogP contribution in [0.15, 0.2) is 54.2 Å². The van der Waals surface area contributed by atoms with E-state index in [9.17, 15) is 9.59 Å². The van der Waals surface area contributed by atoms with E-state index in [4.69, 9.17) is 4.74 Å². The van der Waals surface area contributed by atoms with E-state index in [0.29, 0.717) is 35.5 Å². The Kier molecular flexibility index (Phi) is 6.77. The smallest absolute Gasteiger partial charge is 0.278 e. The van der Waals surface area contributed by atoms with Crippen molar-refractivity contribution in [2.75, 3.05) is 37.0 Å². The van der Waals surface area contributed by atoms with Crippen LogP contribution < -0.4 is 15.0 Å². The van der Waals surface area contributed by atoms with E-state index in [0.717, 1.165) is 24.5 Å². The van der Waals surface area contributed by atoms with Crippen molar-refractivity contribution in [1.82, 2.24) is 4.90 Å². The van der Waals surface area contributed by atoms with E-state index < -0.39 is 0 Å². The number of hydrogen-bond donors (Lipinski definition) is 1. The van der Waals surface area contributed by atoms with Gasteiger partial charge in [-0.2, -0.15) is 0 Å². The first kappa shape index (κ1) is 21.4. The van der Waals surface area contributed by atoms with E-state index >= 15 is 0 Å². The molecule has 0 bridgehead atoms. The Morgan fingerprint density at radius 1 is 0.900 bits per heavy atom. The van der Waals surface area contributed by atoms with Crippen LogP contribution in [0.5, 0.6) is 5.75 Å². The summed E-state index contributed by atoms with van der Waals surface area (Å²) in [7, 11) is 1.59. The maximum atomic E-state index is 13.1. The van der Waals surface area contributed by atoms with Crippen molar-refractivity contribution < 1.29 is 14.3 Å². The molecule has 0 aromatic heterocycles. The predicted octanol–water partition coefficient (Wildman–Crippen LogP) is 4.14. The fraction of sp³-hybridized carbons (Fsp3) is 0.333. The molecular weight excluding hydrogens is 378 g/mol. The van der Waals surface area contributed by atoms with Gasteiger partial charge in [-0.1, -0.05) is 19.1 Å². The van der Waals surface area contributed by atoms with Crippen LogP contribution in [-0.2, 0) is 9.59 Å². The molecule has 0 aliphatic carbocycles. The van der Waals surface area contributed by atoms with Gasteiger partial charge in [0.1, 0.15) is 11.4 Å². The molecule has 0 spiro atoms. The topological polar surface area (TPSA) is 61.9 Å². The molecule has 0 saturated carbocycles. The maximum Gasteiger partial charge on any atom is 0.278 e. The summed E-state index contributed by atoms with van der Waals surface area (Å²) in [6, 6.07) is 15.1. The van der Waals surface area contributed by atoms with Crippen molar-refractivity contribution in [2.45, 2.75) is 27.2 Å². The molecular formula is C24H29N3O3. The van der Waals surface area contributed by atoms with Crippen LogP contribution in [0.25, 0.3) is 5.57 Å². The molecule has 2 amide bonds. The van der Waals surface area contributed by atoms with E-state index in [1.54, 1.807) is 31.4 Å². The Balaban J connectivity index is 1.96. The van der Waals surface area contributed by atoms with E-state index in [1.807, 2.05) is 31.2 Å². The maximum absolute atomic E-state index is 13.1. The zero-order chi connectivity index (χ0) is 21.7. The van der Waals surface area contributed by atoms with Gasteiger partial charge >= 0.3 is 0 Å². The van der Waals surface area contributed by atoms with Gasteiger partial charge in [0.2, 0.25) is 0 Å². The highest BCUT2D eigenvalue weighted by Crippen LogP contribution is 2.32. The minimum absolute atomic E-state index is 0.269. The molecule has 2 aromatic rings. The Labute approximate surface area is 178 Å². The first-order valence-corrected chi connectivity index (χ1v) is 10.4. The molecule has 0 saturated heterocycles. The molecule has 158 valence electrons. The van der Waals surface area contributed by atoms with Gasteiger partial charge in [0.05, 0.1) is 12.7 Å². The molecule has 3 rings (SSSR count). The molecule has 2 aromatic carbocycles. The summed E-state index contributed by atoms with van der Waals surface area (Å²) in [5.74, 6) is 0.137. The van der Waals surface area contributed by atoms with Crippen LogP contribution in [-0.4, -0.2) is 43.5 Å². The van der Waals surface area contributed by atoms with Gasteiger partial charge in [-0.05, 0) is 62.2 Å². The normalized spacial score (nSPS) is 13.8. The fourth-order valence-electron chi connectivity index (χ4n) is 3.63. The largest absolute Gasteiger partial charge is 0.497 e. The summed E-state index contributed by atoms with van der Waals surface area (Å²) in [6.07, 6.45) is 0.708. The molecule has 0 atom stereocenters. The van der Waals surface area contributed by atoms with Gasteiger partial charge < -0.3 is 15.0 Å². The lowest BCUT2D eigenvalue weighted by atomic mass is 10.0. The van der Waals surface area contributed by atoms with Crippen LogP contribution in [0, 0.1) is 0 Å². The van der Waals surface area contributed by atoms with Crippen molar-refractivity contribution in [3.8, 4) is 5.75 Å². The first-order valence-electron chi connectivity index (χ1n) is 10.4. The lowest BCUT2D eigenvalue weighted by Gasteiger charge is -2.21. The molecule has 0 radical (unpaired) electrons. The van der Waals surface area contributed by atoms with Crippen molar-refractivity contribution in [3.05, 3.63) is 59.8 Å². The van der Waals surface area contributed by atoms with Crippen LogP contribution in [0.2, 0.25) is 0 Å². The van der Waals surface area contributed by atoms with Gasteiger partial charge in [-0.25, -0.2) is 0 Å². The number of nitrogens with one attached hydrogen (secondary N) is 1. The Bertz CT molecular complexity index is 929. The number of carbonyl (C=O) groups excluding carboxylic acids is 2. The average molecular weight is 408 g/mol. The monoisotopic (exact) mass is 407 g/mol. The quantitative estimate of drug-likeness (QED) is 0.633. The number of rotatable bonds is 9. The molecule has 6 nitrogen and oxygen atoms in total. The van der Waals surface area contributed by atoms with Gasteiger partial charge in [0, 0.05) is 31.0 Å². The zero-order valence-corrected chi connectivity index (χ0v) is 18.1. The molecule has 1 aliphatic heterocycles. The second-order valence-electron chi connectivity index (χ2n) is 7.08. The van der Waals surface area contributed by atoms with E-state index in [2.05, 4.69) is 24.1 Å². The standard InChI is InChI=1S/C24H29N3O3/c1-5-16-27-23(28)21(17-8-14-20(30-4)15-9-17)22(24(27)29)25-18-10-12-19(13-11-18)26(6-2)7-3/h8-15,25H,5-7,16H2,1-4H3. The molecule has 0 unspecified atom stereocenters. The number of anilines is 2. The Morgan fingerprint density at radius 2 is 1.53 bits per heavy atom. The Hall–Kier alpha value is -3.28. The fourth-order valence-corrected chi connectivity index (χ4v) is 3.63. The minimum Gasteiger partial charge on any atom is -0.497 e. The summed E-state index contributed by atoms with van der Waals surface area (Å²) in [4.78, 5) is 29.6. The highest BCUT2D eigenvalue weighted by molar-refractivity contribution is 6.36. The third kappa shape index (κ3) is 4.17. The average Bonchev–Trinajstić information content (AvgIpc) is 3.00. The summed E-state index contributed by atoms with van der Waals surface area (Å²) in [6.45, 7) is 8.43. The first-order chi connectivity index (χ1) is 14.5. The second-order valence-corrected chi connectivity index (χ2v) is 7.08. The number of methoxy groups -OCH3 is 1. The van der Waals surface area contributed by atoms with Gasteiger partial charge in [-0.3, -0.25) is 14.5 Å². The summed E-state index contributed by atoms with van der Waals surface area (Å²) < 4.78 is 5.21. The van der Waals surface area contributed by atoms with Gasteiger partial charge in [0.25, 0.3) is 11.8 Å². The third-order valence-corrected chi connectivity index (χ3v) is 5.26. The van der Waals surface area contributed by atoms with Crippen molar-refractivity contribution in [1.29, 1.82) is 0 Å². The zero-order valence-electron chi connectivity index (χ0n) is 18.1. The van der Waals surface area contributed by atoms with Crippen LogP contribution in [0.4, 0.5) is 11.4 Å². The number of ether oxygens (including phenoxy) is 1. The number of nitrogens with zero attached hydrogens (tertiary/aromatic N) is 2. The van der Waals surface area contributed by atoms with Crippen molar-refractivity contribution in [3.63, 3.8) is 0 Å². The number of hydrogen-bond acceptors (Lipinski definition) is 5. The van der Waals surface area contributed by atoms with Crippen LogP contribution in [0.1, 0.15) is 32.8 Å². The van der Waals surface area contributed by atoms with Crippen molar-refractivity contribution in [2.24, 2.45) is 0 Å². The number of carbonyl (C=O) groups is 2. The number of amides is 2. The lowest BCUT2D eigenvalue weighted by molar-refractivity contribution is -0.136. The third-order valence-electron chi connectivity index (χ3n) is 5.26. The minimum atomic E-state index is -0.291. The van der Waals surface area contributed by atoms with E-state index in [1.165, 1.54) is 4.90 Å². The van der Waals surface area contributed by atoms with Crippen LogP contribution in [0.3, 0.4) is 0 Å². The van der Waals surface area contributed by atoms with Crippen molar-refractivity contribution >= 4 is 28.8 Å². The molecule has 0 fully saturated rings. The molecule has 1 heterocycles. The summed E-state index contributed by atoms with van der Waals surface area (Å²) in [5.41, 5.74) is 3.29. The predicted molar refractivity (Wildman–Crippen MR) is 121 cm³/mol. The number of benzene rings is 2. The molecule has 30 heavy (non-hydrogen) atoms. The van der Waals surface area contributed by atoms with Gasteiger partial charge in [-0.15, -0.1) is 0 Å².